The minimum atomic E-state index is -1.06. The maximum Gasteiger partial charge on any atom is 0.270 e. The Kier molecular flexibility index (Phi) is 5.38. The van der Waals surface area contributed by atoms with Crippen LogP contribution in [-0.4, -0.2) is 16.1 Å². The molecule has 2 aliphatic rings. The van der Waals surface area contributed by atoms with Gasteiger partial charge >= 0.3 is 0 Å². The van der Waals surface area contributed by atoms with Crippen molar-refractivity contribution in [3.05, 3.63) is 115 Å². The molecule has 0 radical (unpaired) electrons. The molecule has 0 amide bonds. The SMILES string of the molecule is CC(=O)[C@@H]1[C@H]2c3ccccc3O[C@]1(C)N=c1s/c(=C/c3ccc(OCc4ccccc4)cc3)c(=O)n12. The molecule has 0 aliphatic carbocycles. The second-order valence-electron chi connectivity index (χ2n) is 9.25. The molecular formula is C29H24N2O4S. The summed E-state index contributed by atoms with van der Waals surface area (Å²) in [7, 11) is 0. The number of hydrogen-bond donors (Lipinski definition) is 0. The van der Waals surface area contributed by atoms with Gasteiger partial charge in [0.15, 0.2) is 4.80 Å². The van der Waals surface area contributed by atoms with Crippen molar-refractivity contribution in [1.82, 2.24) is 4.57 Å². The summed E-state index contributed by atoms with van der Waals surface area (Å²) in [5.41, 5.74) is 1.60. The first-order valence-electron chi connectivity index (χ1n) is 11.8. The maximum atomic E-state index is 13.6. The molecular weight excluding hydrogens is 472 g/mol. The van der Waals surface area contributed by atoms with E-state index in [1.165, 1.54) is 11.3 Å². The molecule has 6 nitrogen and oxygen atoms in total. The maximum absolute atomic E-state index is 13.6. The Morgan fingerprint density at radius 1 is 1.08 bits per heavy atom. The molecule has 0 saturated heterocycles. The van der Waals surface area contributed by atoms with E-state index >= 15 is 0 Å². The van der Waals surface area contributed by atoms with Gasteiger partial charge in [-0.05, 0) is 49.2 Å². The highest BCUT2D eigenvalue weighted by Crippen LogP contribution is 2.47. The number of hydrogen-bond acceptors (Lipinski definition) is 6. The van der Waals surface area contributed by atoms with E-state index in [1.807, 2.05) is 91.9 Å². The normalized spacial score (nSPS) is 22.1. The first kappa shape index (κ1) is 22.5. The summed E-state index contributed by atoms with van der Waals surface area (Å²) in [5, 5.41) is 0. The number of carbonyl (C=O) groups is 1. The third-order valence-electron chi connectivity index (χ3n) is 6.74. The van der Waals surface area contributed by atoms with Gasteiger partial charge in [-0.25, -0.2) is 4.99 Å². The Bertz CT molecular complexity index is 1640. The highest BCUT2D eigenvalue weighted by molar-refractivity contribution is 7.07. The van der Waals surface area contributed by atoms with E-state index in [0.717, 1.165) is 22.4 Å². The molecule has 0 fully saturated rings. The predicted molar refractivity (Wildman–Crippen MR) is 138 cm³/mol. The van der Waals surface area contributed by atoms with Crippen molar-refractivity contribution in [2.24, 2.45) is 10.9 Å². The van der Waals surface area contributed by atoms with E-state index in [2.05, 4.69) is 0 Å². The van der Waals surface area contributed by atoms with Crippen LogP contribution in [-0.2, 0) is 11.4 Å². The van der Waals surface area contributed by atoms with Crippen LogP contribution in [0.15, 0.2) is 88.6 Å². The van der Waals surface area contributed by atoms with Crippen LogP contribution in [0.5, 0.6) is 11.5 Å². The molecule has 3 aromatic carbocycles. The molecule has 2 bridgehead atoms. The summed E-state index contributed by atoms with van der Waals surface area (Å²) >= 11 is 1.32. The van der Waals surface area contributed by atoms with E-state index in [-0.39, 0.29) is 11.3 Å². The largest absolute Gasteiger partial charge is 0.489 e. The van der Waals surface area contributed by atoms with Crippen molar-refractivity contribution in [3.8, 4) is 11.5 Å². The van der Waals surface area contributed by atoms with Crippen LogP contribution in [0.3, 0.4) is 0 Å². The van der Waals surface area contributed by atoms with E-state index in [9.17, 15) is 9.59 Å². The van der Waals surface area contributed by atoms with Gasteiger partial charge in [-0.15, -0.1) is 0 Å². The van der Waals surface area contributed by atoms with Gasteiger partial charge in [0.2, 0.25) is 5.72 Å². The zero-order chi connectivity index (χ0) is 24.9. The summed E-state index contributed by atoms with van der Waals surface area (Å²) in [6.07, 6.45) is 1.86. The summed E-state index contributed by atoms with van der Waals surface area (Å²) in [6.45, 7) is 3.86. The number of para-hydroxylation sites is 1. The van der Waals surface area contributed by atoms with E-state index in [1.54, 1.807) is 11.5 Å². The second kappa shape index (κ2) is 8.60. The number of fused-ring (bicyclic) bond motifs is 6. The molecule has 36 heavy (non-hydrogen) atoms. The zero-order valence-electron chi connectivity index (χ0n) is 19.9. The molecule has 6 rings (SSSR count). The zero-order valence-corrected chi connectivity index (χ0v) is 20.7. The van der Waals surface area contributed by atoms with Gasteiger partial charge in [-0.1, -0.05) is 72.0 Å². The number of ketones is 1. The molecule has 2 aliphatic heterocycles. The molecule has 180 valence electrons. The fourth-order valence-electron chi connectivity index (χ4n) is 5.11. The number of nitrogens with zero attached hydrogens (tertiary/aromatic N) is 2. The lowest BCUT2D eigenvalue weighted by atomic mass is 9.79. The van der Waals surface area contributed by atoms with Crippen LogP contribution in [0.1, 0.15) is 36.6 Å². The van der Waals surface area contributed by atoms with Crippen LogP contribution >= 0.6 is 11.3 Å². The number of thiazole rings is 1. The predicted octanol–water partition coefficient (Wildman–Crippen LogP) is 3.85. The average molecular weight is 497 g/mol. The van der Waals surface area contributed by atoms with Crippen LogP contribution in [0.25, 0.3) is 6.08 Å². The second-order valence-corrected chi connectivity index (χ2v) is 10.3. The van der Waals surface area contributed by atoms with Crippen molar-refractivity contribution in [2.75, 3.05) is 0 Å². The van der Waals surface area contributed by atoms with Gasteiger partial charge in [-0.2, -0.15) is 0 Å². The standard InChI is InChI=1S/C29H24N2O4S/c1-18(32)25-26-22-10-6-7-11-23(22)35-29(25,2)30-28-31(26)27(33)24(36-28)16-19-12-14-21(15-13-19)34-17-20-8-4-3-5-9-20/h3-16,25-26H,17H2,1-2H3/b24-16+/t25-,26-,29+/m1/s1. The van der Waals surface area contributed by atoms with Crippen LogP contribution in [0, 0.1) is 5.92 Å². The topological polar surface area (TPSA) is 69.9 Å². The van der Waals surface area contributed by atoms with Crippen molar-refractivity contribution >= 4 is 23.2 Å². The number of ether oxygens (including phenoxy) is 2. The molecule has 0 saturated carbocycles. The van der Waals surface area contributed by atoms with Crippen molar-refractivity contribution in [3.63, 3.8) is 0 Å². The van der Waals surface area contributed by atoms with E-state index < -0.39 is 17.7 Å². The van der Waals surface area contributed by atoms with E-state index in [4.69, 9.17) is 14.5 Å². The van der Waals surface area contributed by atoms with Gasteiger partial charge in [0, 0.05) is 5.56 Å². The summed E-state index contributed by atoms with van der Waals surface area (Å²) in [5.74, 6) is 0.779. The number of rotatable bonds is 5. The van der Waals surface area contributed by atoms with Crippen molar-refractivity contribution < 1.29 is 14.3 Å². The average Bonchev–Trinajstić information content (AvgIpc) is 3.16. The van der Waals surface area contributed by atoms with Gasteiger partial charge in [0.1, 0.15) is 29.8 Å². The highest BCUT2D eigenvalue weighted by atomic mass is 32.1. The lowest BCUT2D eigenvalue weighted by Crippen LogP contribution is -2.58. The molecule has 0 N–H and O–H groups in total. The van der Waals surface area contributed by atoms with Crippen LogP contribution < -0.4 is 24.4 Å². The van der Waals surface area contributed by atoms with Crippen molar-refractivity contribution in [2.45, 2.75) is 32.2 Å². The smallest absolute Gasteiger partial charge is 0.270 e. The third kappa shape index (κ3) is 3.76. The molecule has 4 aromatic rings. The van der Waals surface area contributed by atoms with Crippen LogP contribution in [0.4, 0.5) is 0 Å². The fraction of sp³-hybridized carbons (Fsp3) is 0.207. The first-order valence-corrected chi connectivity index (χ1v) is 12.6. The van der Waals surface area contributed by atoms with Gasteiger partial charge in [0.05, 0.1) is 10.6 Å². The molecule has 3 atom stereocenters. The Labute approximate surface area is 211 Å². The van der Waals surface area contributed by atoms with E-state index in [0.29, 0.717) is 21.7 Å². The lowest BCUT2D eigenvalue weighted by molar-refractivity contribution is -0.132. The Morgan fingerprint density at radius 2 is 1.81 bits per heavy atom. The Hall–Kier alpha value is -3.97. The number of Topliss-reactive ketones (excluding diaryl/α,β-unsaturated/α-hetero) is 1. The third-order valence-corrected chi connectivity index (χ3v) is 7.73. The highest BCUT2D eigenvalue weighted by Gasteiger charge is 2.53. The lowest BCUT2D eigenvalue weighted by Gasteiger charge is -2.45. The Balaban J connectivity index is 1.38. The summed E-state index contributed by atoms with van der Waals surface area (Å²) in [6, 6.07) is 24.8. The summed E-state index contributed by atoms with van der Waals surface area (Å²) < 4.78 is 14.3. The van der Waals surface area contributed by atoms with Crippen molar-refractivity contribution in [1.29, 1.82) is 0 Å². The number of aromatic nitrogens is 1. The number of benzene rings is 3. The molecule has 1 aromatic heterocycles. The summed E-state index contributed by atoms with van der Waals surface area (Å²) in [4.78, 5) is 31.7. The first-order chi connectivity index (χ1) is 17.4. The fourth-order valence-corrected chi connectivity index (χ4v) is 6.21. The quantitative estimate of drug-likeness (QED) is 0.421. The minimum absolute atomic E-state index is 0.0545. The van der Waals surface area contributed by atoms with Gasteiger partial charge in [-0.3, -0.25) is 14.2 Å². The molecule has 7 heteroatoms. The molecule has 3 heterocycles. The minimum Gasteiger partial charge on any atom is -0.489 e. The monoisotopic (exact) mass is 496 g/mol. The van der Waals surface area contributed by atoms with Gasteiger partial charge in [0.25, 0.3) is 5.56 Å². The van der Waals surface area contributed by atoms with Crippen LogP contribution in [0.2, 0.25) is 0 Å². The number of carbonyl (C=O) groups excluding carboxylic acids is 1. The molecule has 0 unspecified atom stereocenters. The Morgan fingerprint density at radius 3 is 2.56 bits per heavy atom. The molecule has 0 spiro atoms. The van der Waals surface area contributed by atoms with Gasteiger partial charge < -0.3 is 9.47 Å².